The molecule has 3 heterocycles. The van der Waals surface area contributed by atoms with E-state index in [1.807, 2.05) is 48.7 Å². The van der Waals surface area contributed by atoms with Gasteiger partial charge in [0.15, 0.2) is 5.65 Å². The van der Waals surface area contributed by atoms with Crippen LogP contribution in [0, 0.1) is 19.8 Å². The van der Waals surface area contributed by atoms with Crippen LogP contribution in [-0.2, 0) is 11.2 Å². The van der Waals surface area contributed by atoms with Crippen LogP contribution in [0.3, 0.4) is 0 Å². The van der Waals surface area contributed by atoms with Crippen molar-refractivity contribution in [2.45, 2.75) is 34.1 Å². The SMILES string of the molecule is Cc1noc(C)c1-c1ccc(-c2nc3cnc(CC(C)C)cn3c2NCC(=O)O)cc1. The summed E-state index contributed by atoms with van der Waals surface area (Å²) >= 11 is 0. The second kappa shape index (κ2) is 8.22. The van der Waals surface area contributed by atoms with Crippen molar-refractivity contribution in [3.8, 4) is 22.4 Å². The number of carbonyl (C=O) groups is 1. The van der Waals surface area contributed by atoms with Gasteiger partial charge in [-0.2, -0.15) is 0 Å². The molecule has 0 spiro atoms. The molecule has 0 saturated heterocycles. The van der Waals surface area contributed by atoms with Crippen molar-refractivity contribution in [2.75, 3.05) is 11.9 Å². The first kappa shape index (κ1) is 20.6. The summed E-state index contributed by atoms with van der Waals surface area (Å²) in [6.45, 7) is 7.86. The zero-order valence-corrected chi connectivity index (χ0v) is 18.0. The van der Waals surface area contributed by atoms with E-state index in [1.54, 1.807) is 6.20 Å². The Kier molecular flexibility index (Phi) is 5.46. The van der Waals surface area contributed by atoms with Gasteiger partial charge in [-0.3, -0.25) is 14.2 Å². The lowest BCUT2D eigenvalue weighted by atomic mass is 10.0. The van der Waals surface area contributed by atoms with Gasteiger partial charge in [0.2, 0.25) is 0 Å². The van der Waals surface area contributed by atoms with Gasteiger partial charge in [-0.15, -0.1) is 0 Å². The van der Waals surface area contributed by atoms with E-state index in [1.165, 1.54) is 0 Å². The lowest BCUT2D eigenvalue weighted by Crippen LogP contribution is -2.14. The molecule has 0 aliphatic rings. The third-order valence-electron chi connectivity index (χ3n) is 5.07. The molecule has 4 rings (SSSR count). The van der Waals surface area contributed by atoms with Crippen molar-refractivity contribution in [1.82, 2.24) is 19.5 Å². The fourth-order valence-electron chi connectivity index (χ4n) is 3.74. The largest absolute Gasteiger partial charge is 0.480 e. The van der Waals surface area contributed by atoms with E-state index in [0.29, 0.717) is 23.1 Å². The van der Waals surface area contributed by atoms with Crippen molar-refractivity contribution < 1.29 is 14.4 Å². The molecule has 0 saturated carbocycles. The van der Waals surface area contributed by atoms with Gasteiger partial charge in [-0.25, -0.2) is 4.98 Å². The maximum Gasteiger partial charge on any atom is 0.322 e. The molecule has 160 valence electrons. The van der Waals surface area contributed by atoms with E-state index in [-0.39, 0.29) is 6.54 Å². The highest BCUT2D eigenvalue weighted by Crippen LogP contribution is 2.32. The number of aryl methyl sites for hydroxylation is 2. The lowest BCUT2D eigenvalue weighted by Gasteiger charge is -2.09. The number of rotatable bonds is 7. The molecular weight excluding hydrogens is 394 g/mol. The number of hydrogen-bond acceptors (Lipinski definition) is 6. The smallest absolute Gasteiger partial charge is 0.322 e. The molecular formula is C23H25N5O3. The number of hydrogen-bond donors (Lipinski definition) is 2. The normalized spacial score (nSPS) is 11.4. The minimum atomic E-state index is -0.939. The number of anilines is 1. The first-order valence-electron chi connectivity index (χ1n) is 10.2. The number of aliphatic carboxylic acids is 1. The topological polar surface area (TPSA) is 106 Å². The second-order valence-corrected chi connectivity index (χ2v) is 8.04. The van der Waals surface area contributed by atoms with Crippen LogP contribution in [0.5, 0.6) is 0 Å². The van der Waals surface area contributed by atoms with Crippen LogP contribution >= 0.6 is 0 Å². The van der Waals surface area contributed by atoms with E-state index < -0.39 is 5.97 Å². The number of aromatic nitrogens is 4. The molecule has 8 heteroatoms. The summed E-state index contributed by atoms with van der Waals surface area (Å²) in [5.74, 6) is 0.923. The van der Waals surface area contributed by atoms with Crippen molar-refractivity contribution >= 4 is 17.4 Å². The van der Waals surface area contributed by atoms with E-state index in [9.17, 15) is 9.90 Å². The van der Waals surface area contributed by atoms with Gasteiger partial charge in [0.05, 0.1) is 17.6 Å². The van der Waals surface area contributed by atoms with Crippen LogP contribution in [0.2, 0.25) is 0 Å². The first-order valence-corrected chi connectivity index (χ1v) is 10.2. The van der Waals surface area contributed by atoms with Crippen LogP contribution < -0.4 is 5.32 Å². The number of fused-ring (bicyclic) bond motifs is 1. The summed E-state index contributed by atoms with van der Waals surface area (Å²) in [7, 11) is 0. The summed E-state index contributed by atoms with van der Waals surface area (Å²) in [6.07, 6.45) is 4.48. The highest BCUT2D eigenvalue weighted by Gasteiger charge is 2.17. The quantitative estimate of drug-likeness (QED) is 0.458. The van der Waals surface area contributed by atoms with Crippen molar-refractivity contribution in [3.05, 3.63) is 53.8 Å². The predicted molar refractivity (Wildman–Crippen MR) is 118 cm³/mol. The van der Waals surface area contributed by atoms with Crippen LogP contribution in [0.25, 0.3) is 28.0 Å². The Morgan fingerprint density at radius 2 is 1.90 bits per heavy atom. The molecule has 0 unspecified atom stereocenters. The zero-order chi connectivity index (χ0) is 22.1. The van der Waals surface area contributed by atoms with Gasteiger partial charge < -0.3 is 14.9 Å². The highest BCUT2D eigenvalue weighted by atomic mass is 16.5. The number of benzene rings is 1. The van der Waals surface area contributed by atoms with Gasteiger partial charge in [-0.05, 0) is 31.7 Å². The zero-order valence-electron chi connectivity index (χ0n) is 18.0. The Morgan fingerprint density at radius 3 is 2.52 bits per heavy atom. The van der Waals surface area contributed by atoms with E-state index in [2.05, 4.69) is 29.3 Å². The standard InChI is InChI=1S/C23H25N5O3/c1-13(2)9-18-12-28-19(10-24-18)26-22(23(28)25-11-20(29)30)17-7-5-16(6-8-17)21-14(3)27-31-15(21)4/h5-8,10,12-13,25H,9,11H2,1-4H3,(H,29,30). The molecule has 0 fully saturated rings. The van der Waals surface area contributed by atoms with Crippen molar-refractivity contribution in [1.29, 1.82) is 0 Å². The number of nitrogens with zero attached hydrogens (tertiary/aromatic N) is 4. The molecule has 0 amide bonds. The Morgan fingerprint density at radius 1 is 1.19 bits per heavy atom. The average molecular weight is 419 g/mol. The molecule has 0 aliphatic carbocycles. The van der Waals surface area contributed by atoms with E-state index in [4.69, 9.17) is 9.51 Å². The van der Waals surface area contributed by atoms with Crippen molar-refractivity contribution in [2.24, 2.45) is 5.92 Å². The fourth-order valence-corrected chi connectivity index (χ4v) is 3.74. The Bertz CT molecular complexity index is 1220. The van der Waals surface area contributed by atoms with Crippen LogP contribution in [0.15, 0.2) is 41.2 Å². The molecule has 8 nitrogen and oxygen atoms in total. The third kappa shape index (κ3) is 4.14. The lowest BCUT2D eigenvalue weighted by molar-refractivity contribution is -0.134. The monoisotopic (exact) mass is 419 g/mol. The molecule has 4 aromatic rings. The van der Waals surface area contributed by atoms with Gasteiger partial charge >= 0.3 is 5.97 Å². The minimum Gasteiger partial charge on any atom is -0.480 e. The maximum atomic E-state index is 11.2. The van der Waals surface area contributed by atoms with Gasteiger partial charge in [0.1, 0.15) is 23.8 Å². The molecule has 0 bridgehead atoms. The molecule has 2 N–H and O–H groups in total. The predicted octanol–water partition coefficient (Wildman–Crippen LogP) is 4.36. The highest BCUT2D eigenvalue weighted by molar-refractivity contribution is 5.81. The molecule has 0 radical (unpaired) electrons. The average Bonchev–Trinajstić information content (AvgIpc) is 3.25. The minimum absolute atomic E-state index is 0.209. The first-order chi connectivity index (χ1) is 14.8. The molecule has 1 aromatic carbocycles. The molecule has 0 atom stereocenters. The Balaban J connectivity index is 1.78. The number of imidazole rings is 1. The van der Waals surface area contributed by atoms with E-state index >= 15 is 0 Å². The van der Waals surface area contributed by atoms with Crippen LogP contribution in [0.4, 0.5) is 5.82 Å². The Labute approximate surface area is 179 Å². The molecule has 0 aliphatic heterocycles. The number of nitrogens with one attached hydrogen (secondary N) is 1. The summed E-state index contributed by atoms with van der Waals surface area (Å²) in [5, 5.41) is 16.2. The second-order valence-electron chi connectivity index (χ2n) is 8.04. The molecule has 3 aromatic heterocycles. The number of carboxylic acid groups (broad SMARTS) is 1. The van der Waals surface area contributed by atoms with E-state index in [0.717, 1.165) is 40.3 Å². The fraction of sp³-hybridized carbons (Fsp3) is 0.304. The maximum absolute atomic E-state index is 11.2. The summed E-state index contributed by atoms with van der Waals surface area (Å²) in [4.78, 5) is 20.4. The Hall–Kier alpha value is -3.68. The van der Waals surface area contributed by atoms with Gasteiger partial charge in [0, 0.05) is 17.3 Å². The van der Waals surface area contributed by atoms with Crippen molar-refractivity contribution in [3.63, 3.8) is 0 Å². The third-order valence-corrected chi connectivity index (χ3v) is 5.07. The summed E-state index contributed by atoms with van der Waals surface area (Å²) in [5.41, 5.74) is 5.96. The van der Waals surface area contributed by atoms with Gasteiger partial charge in [-0.1, -0.05) is 43.3 Å². The molecule has 31 heavy (non-hydrogen) atoms. The van der Waals surface area contributed by atoms with Crippen LogP contribution in [-0.4, -0.2) is 37.1 Å². The number of carboxylic acids is 1. The van der Waals surface area contributed by atoms with Crippen LogP contribution in [0.1, 0.15) is 31.0 Å². The van der Waals surface area contributed by atoms with Gasteiger partial charge in [0.25, 0.3) is 0 Å². The summed E-state index contributed by atoms with van der Waals surface area (Å²) < 4.78 is 7.16. The summed E-state index contributed by atoms with van der Waals surface area (Å²) in [6, 6.07) is 7.93.